The summed E-state index contributed by atoms with van der Waals surface area (Å²) in [5.41, 5.74) is 0.753. The van der Waals surface area contributed by atoms with Crippen molar-refractivity contribution in [3.63, 3.8) is 0 Å². The topological polar surface area (TPSA) is 43.1 Å². The predicted octanol–water partition coefficient (Wildman–Crippen LogP) is 3.62. The quantitative estimate of drug-likeness (QED) is 0.846. The molecule has 0 unspecified atom stereocenters. The van der Waals surface area contributed by atoms with Gasteiger partial charge in [0, 0.05) is 21.4 Å². The highest BCUT2D eigenvalue weighted by Crippen LogP contribution is 2.21. The molecule has 20 heavy (non-hydrogen) atoms. The summed E-state index contributed by atoms with van der Waals surface area (Å²) in [5.74, 6) is -1.47. The summed E-state index contributed by atoms with van der Waals surface area (Å²) < 4.78 is 42.7. The number of benzene rings is 1. The average molecular weight is 318 g/mol. The fourth-order valence-electron chi connectivity index (χ4n) is 1.53. The van der Waals surface area contributed by atoms with Gasteiger partial charge in [0.15, 0.2) is 11.6 Å². The average Bonchev–Trinajstić information content (AvgIpc) is 2.80. The first-order chi connectivity index (χ1) is 9.45. The van der Waals surface area contributed by atoms with Gasteiger partial charge in [-0.1, -0.05) is 18.2 Å². The van der Waals surface area contributed by atoms with Crippen LogP contribution >= 0.6 is 11.6 Å². The lowest BCUT2D eigenvalue weighted by Crippen LogP contribution is -2.00. The van der Waals surface area contributed by atoms with Crippen molar-refractivity contribution in [3.8, 4) is 11.5 Å². The first-order valence-corrected chi connectivity index (χ1v) is 7.40. The van der Waals surface area contributed by atoms with Crippen molar-refractivity contribution in [2.75, 3.05) is 5.75 Å². The largest absolute Gasteiger partial charge is 0.444 e. The van der Waals surface area contributed by atoms with E-state index in [2.05, 4.69) is 11.6 Å². The maximum absolute atomic E-state index is 13.1. The number of hydrogen-bond donors (Lipinski definition) is 0. The first kappa shape index (κ1) is 14.9. The minimum Gasteiger partial charge on any atom is -0.444 e. The minimum absolute atomic E-state index is 0.139. The molecule has 0 saturated carbocycles. The third-order valence-electron chi connectivity index (χ3n) is 2.34. The minimum atomic E-state index is -1.24. The summed E-state index contributed by atoms with van der Waals surface area (Å²) in [5, 5.41) is 0.299. The van der Waals surface area contributed by atoms with Crippen molar-refractivity contribution in [1.29, 1.82) is 0 Å². The van der Waals surface area contributed by atoms with Crippen LogP contribution in [0.5, 0.6) is 0 Å². The van der Waals surface area contributed by atoms with Gasteiger partial charge in [-0.15, -0.1) is 0 Å². The summed E-state index contributed by atoms with van der Waals surface area (Å²) in [6.07, 6.45) is 1.32. The fourth-order valence-corrected chi connectivity index (χ4v) is 2.80. The lowest BCUT2D eigenvalue weighted by atomic mass is 10.2. The molecule has 1 aromatic heterocycles. The van der Waals surface area contributed by atoms with Gasteiger partial charge in [-0.2, -0.15) is 0 Å². The fraction of sp³-hybridized carbons (Fsp3) is 0.154. The second-order valence-corrected chi connectivity index (χ2v) is 6.01. The first-order valence-electron chi connectivity index (χ1n) is 5.54. The van der Waals surface area contributed by atoms with Crippen LogP contribution in [0, 0.1) is 11.6 Å². The van der Waals surface area contributed by atoms with E-state index in [1.807, 2.05) is 0 Å². The summed E-state index contributed by atoms with van der Waals surface area (Å²) in [6.45, 7) is 3.46. The van der Waals surface area contributed by atoms with Gasteiger partial charge in [-0.3, -0.25) is 4.21 Å². The van der Waals surface area contributed by atoms with Crippen LogP contribution in [0.1, 0.15) is 5.69 Å². The molecule has 3 nitrogen and oxygen atoms in total. The lowest BCUT2D eigenvalue weighted by Gasteiger charge is -1.97. The molecule has 1 aromatic carbocycles. The number of halogens is 3. The maximum Gasteiger partial charge on any atom is 0.226 e. The van der Waals surface area contributed by atoms with Gasteiger partial charge in [-0.25, -0.2) is 13.8 Å². The van der Waals surface area contributed by atoms with Crippen LogP contribution in [0.4, 0.5) is 8.78 Å². The summed E-state index contributed by atoms with van der Waals surface area (Å²) >= 11 is 5.56. The summed E-state index contributed by atoms with van der Waals surface area (Å²) in [7, 11) is -1.24. The molecule has 0 aliphatic rings. The van der Waals surface area contributed by atoms with Gasteiger partial charge in [0.25, 0.3) is 0 Å². The van der Waals surface area contributed by atoms with Crippen molar-refractivity contribution in [2.24, 2.45) is 0 Å². The van der Waals surface area contributed by atoms with E-state index in [0.29, 0.717) is 16.3 Å². The zero-order valence-electron chi connectivity index (χ0n) is 10.2. The highest BCUT2D eigenvalue weighted by atomic mass is 35.5. The Morgan fingerprint density at radius 3 is 2.80 bits per heavy atom. The molecule has 7 heteroatoms. The van der Waals surface area contributed by atoms with Crippen molar-refractivity contribution < 1.29 is 17.4 Å². The number of hydrogen-bond acceptors (Lipinski definition) is 3. The van der Waals surface area contributed by atoms with Crippen LogP contribution in [-0.2, 0) is 16.6 Å². The Kier molecular flexibility index (Phi) is 4.67. The molecule has 0 bridgehead atoms. The smallest absolute Gasteiger partial charge is 0.226 e. The van der Waals surface area contributed by atoms with Crippen LogP contribution in [0.15, 0.2) is 40.5 Å². The Labute approximate surface area is 121 Å². The number of aromatic nitrogens is 1. The number of oxazole rings is 1. The third kappa shape index (κ3) is 3.74. The molecule has 0 aliphatic carbocycles. The normalized spacial score (nSPS) is 12.3. The molecule has 1 atom stereocenters. The lowest BCUT2D eigenvalue weighted by molar-refractivity contribution is 0.507. The second kappa shape index (κ2) is 6.28. The summed E-state index contributed by atoms with van der Waals surface area (Å²) in [4.78, 5) is 4.08. The zero-order valence-corrected chi connectivity index (χ0v) is 11.8. The number of nitrogens with zero attached hydrogens (tertiary/aromatic N) is 1. The van der Waals surface area contributed by atoms with Gasteiger partial charge in [0.1, 0.15) is 6.26 Å². The second-order valence-electron chi connectivity index (χ2n) is 4.02. The van der Waals surface area contributed by atoms with Crippen molar-refractivity contribution >= 4 is 22.4 Å². The van der Waals surface area contributed by atoms with E-state index in [4.69, 9.17) is 16.0 Å². The molecule has 0 N–H and O–H groups in total. The van der Waals surface area contributed by atoms with E-state index in [1.54, 1.807) is 0 Å². The summed E-state index contributed by atoms with van der Waals surface area (Å²) in [6, 6.07) is 3.33. The monoisotopic (exact) mass is 317 g/mol. The maximum atomic E-state index is 13.1. The Morgan fingerprint density at radius 1 is 1.40 bits per heavy atom. The molecule has 1 heterocycles. The Bertz CT molecular complexity index is 672. The molecule has 2 rings (SSSR count). The zero-order chi connectivity index (χ0) is 14.7. The molecule has 0 aliphatic heterocycles. The molecule has 0 fully saturated rings. The van der Waals surface area contributed by atoms with Crippen LogP contribution < -0.4 is 0 Å². The highest BCUT2D eigenvalue weighted by molar-refractivity contribution is 7.84. The Balaban J connectivity index is 2.14. The van der Waals surface area contributed by atoms with Gasteiger partial charge >= 0.3 is 0 Å². The predicted molar refractivity (Wildman–Crippen MR) is 73.6 cm³/mol. The van der Waals surface area contributed by atoms with Crippen LogP contribution in [0.2, 0.25) is 0 Å². The van der Waals surface area contributed by atoms with Crippen molar-refractivity contribution in [2.45, 2.75) is 5.75 Å². The SMILES string of the molecule is C=C(Cl)C[S@@](=O)Cc1coc(-c2ccc(F)c(F)c2)n1. The third-order valence-corrected chi connectivity index (χ3v) is 3.93. The van der Waals surface area contributed by atoms with Gasteiger partial charge in [0.2, 0.25) is 5.89 Å². The standard InChI is InChI=1S/C13H10ClF2NO2S/c1-8(14)6-20(18)7-10-5-19-13(17-10)9-2-3-11(15)12(16)4-9/h2-5H,1,6-7H2/t20-/m1/s1. The van der Waals surface area contributed by atoms with Gasteiger partial charge in [-0.05, 0) is 18.2 Å². The molecule has 106 valence electrons. The van der Waals surface area contributed by atoms with Crippen LogP contribution in [0.25, 0.3) is 11.5 Å². The molecule has 0 spiro atoms. The molecule has 0 radical (unpaired) electrons. The molecule has 0 saturated heterocycles. The van der Waals surface area contributed by atoms with Crippen molar-refractivity contribution in [1.82, 2.24) is 4.98 Å². The van der Waals surface area contributed by atoms with E-state index in [9.17, 15) is 13.0 Å². The Morgan fingerprint density at radius 2 is 2.15 bits per heavy atom. The Hall–Kier alpha value is -1.53. The number of rotatable bonds is 5. The van der Waals surface area contributed by atoms with Crippen LogP contribution in [-0.4, -0.2) is 14.9 Å². The molecule has 2 aromatic rings. The van der Waals surface area contributed by atoms with E-state index in [0.717, 1.165) is 12.1 Å². The van der Waals surface area contributed by atoms with E-state index in [1.165, 1.54) is 12.3 Å². The van der Waals surface area contributed by atoms with E-state index < -0.39 is 22.4 Å². The van der Waals surface area contributed by atoms with E-state index in [-0.39, 0.29) is 17.4 Å². The molecular formula is C13H10ClF2NO2S. The molecular weight excluding hydrogens is 308 g/mol. The van der Waals surface area contributed by atoms with Gasteiger partial charge < -0.3 is 4.42 Å². The van der Waals surface area contributed by atoms with Gasteiger partial charge in [0.05, 0.1) is 17.2 Å². The van der Waals surface area contributed by atoms with Crippen molar-refractivity contribution in [3.05, 3.63) is 53.4 Å². The molecule has 0 amide bonds. The highest BCUT2D eigenvalue weighted by Gasteiger charge is 2.12. The van der Waals surface area contributed by atoms with E-state index >= 15 is 0 Å². The van der Waals surface area contributed by atoms with Crippen LogP contribution in [0.3, 0.4) is 0 Å².